The Morgan fingerprint density at radius 1 is 1.21 bits per heavy atom. The summed E-state index contributed by atoms with van der Waals surface area (Å²) in [6.07, 6.45) is 5.90. The van der Waals surface area contributed by atoms with Crippen LogP contribution in [0.4, 0.5) is 4.79 Å². The Morgan fingerprint density at radius 2 is 1.96 bits per heavy atom. The van der Waals surface area contributed by atoms with Gasteiger partial charge >= 0.3 is 6.03 Å². The van der Waals surface area contributed by atoms with Gasteiger partial charge in [-0.25, -0.2) is 4.79 Å². The summed E-state index contributed by atoms with van der Waals surface area (Å²) in [4.78, 5) is 12.1. The first-order valence-corrected chi connectivity index (χ1v) is 8.88. The van der Waals surface area contributed by atoms with E-state index >= 15 is 0 Å². The summed E-state index contributed by atoms with van der Waals surface area (Å²) in [5.74, 6) is 0. The number of carbonyl (C=O) groups is 1. The topological polar surface area (TPSA) is 70.6 Å². The van der Waals surface area contributed by atoms with E-state index in [-0.39, 0.29) is 18.0 Å². The van der Waals surface area contributed by atoms with Crippen LogP contribution in [-0.2, 0) is 16.8 Å². The van der Waals surface area contributed by atoms with E-state index in [1.165, 1.54) is 5.56 Å². The Kier molecular flexibility index (Phi) is 5.11. The van der Waals surface area contributed by atoms with Crippen LogP contribution in [0.2, 0.25) is 0 Å². The molecule has 132 valence electrons. The molecule has 1 saturated carbocycles. The lowest BCUT2D eigenvalue weighted by Crippen LogP contribution is -2.47. The number of aliphatic hydroxyl groups is 1. The second-order valence-electron chi connectivity index (χ2n) is 7.32. The number of rotatable bonds is 7. The molecule has 5 heteroatoms. The van der Waals surface area contributed by atoms with Crippen molar-refractivity contribution >= 4 is 6.03 Å². The van der Waals surface area contributed by atoms with Gasteiger partial charge in [-0.1, -0.05) is 24.3 Å². The van der Waals surface area contributed by atoms with Crippen LogP contribution in [0, 0.1) is 5.41 Å². The standard InChI is InChI=1S/C19H28N2O3/c1-24-12-11-18(9-10-18)13-20-17(22)21-14-19(23)8-4-6-15-5-2-3-7-16(15)19/h2-3,5,7,23H,4,6,8-14H2,1H3,(H2,20,21,22). The second kappa shape index (κ2) is 7.11. The molecule has 3 N–H and O–H groups in total. The molecule has 0 spiro atoms. The first kappa shape index (κ1) is 17.2. The van der Waals surface area contributed by atoms with E-state index in [0.29, 0.717) is 13.0 Å². The Hall–Kier alpha value is -1.59. The molecule has 1 fully saturated rings. The molecule has 2 aliphatic rings. The molecule has 3 rings (SSSR count). The van der Waals surface area contributed by atoms with Crippen LogP contribution in [0.3, 0.4) is 0 Å². The van der Waals surface area contributed by atoms with Crippen molar-refractivity contribution in [3.63, 3.8) is 0 Å². The van der Waals surface area contributed by atoms with Gasteiger partial charge in [-0.05, 0) is 55.1 Å². The fourth-order valence-corrected chi connectivity index (χ4v) is 3.65. The van der Waals surface area contributed by atoms with E-state index in [2.05, 4.69) is 16.7 Å². The van der Waals surface area contributed by atoms with Crippen molar-refractivity contribution in [3.05, 3.63) is 35.4 Å². The Morgan fingerprint density at radius 3 is 2.71 bits per heavy atom. The van der Waals surface area contributed by atoms with Crippen molar-refractivity contribution in [2.45, 2.75) is 44.1 Å². The smallest absolute Gasteiger partial charge is 0.314 e. The molecule has 1 atom stereocenters. The highest BCUT2D eigenvalue weighted by atomic mass is 16.5. The number of fused-ring (bicyclic) bond motifs is 1. The second-order valence-corrected chi connectivity index (χ2v) is 7.32. The van der Waals surface area contributed by atoms with E-state index < -0.39 is 5.60 Å². The molecule has 24 heavy (non-hydrogen) atoms. The predicted molar refractivity (Wildman–Crippen MR) is 92.8 cm³/mol. The molecule has 0 aliphatic heterocycles. The van der Waals surface area contributed by atoms with Crippen LogP contribution in [-0.4, -0.2) is 37.9 Å². The fraction of sp³-hybridized carbons (Fsp3) is 0.632. The number of hydrogen-bond acceptors (Lipinski definition) is 3. The van der Waals surface area contributed by atoms with Crippen molar-refractivity contribution in [3.8, 4) is 0 Å². The maximum atomic E-state index is 12.1. The maximum absolute atomic E-state index is 12.1. The molecule has 2 aliphatic carbocycles. The zero-order valence-corrected chi connectivity index (χ0v) is 14.4. The summed E-state index contributed by atoms with van der Waals surface area (Å²) in [7, 11) is 1.71. The van der Waals surface area contributed by atoms with Crippen LogP contribution in [0.15, 0.2) is 24.3 Å². The molecular formula is C19H28N2O3. The van der Waals surface area contributed by atoms with E-state index in [0.717, 1.165) is 44.3 Å². The van der Waals surface area contributed by atoms with Gasteiger partial charge < -0.3 is 20.5 Å². The minimum Gasteiger partial charge on any atom is -0.385 e. The van der Waals surface area contributed by atoms with Gasteiger partial charge in [-0.2, -0.15) is 0 Å². The van der Waals surface area contributed by atoms with Crippen LogP contribution in [0.25, 0.3) is 0 Å². The van der Waals surface area contributed by atoms with Crippen LogP contribution in [0.1, 0.15) is 43.2 Å². The van der Waals surface area contributed by atoms with E-state index in [9.17, 15) is 9.90 Å². The highest BCUT2D eigenvalue weighted by molar-refractivity contribution is 5.74. The van der Waals surface area contributed by atoms with Crippen LogP contribution < -0.4 is 10.6 Å². The lowest BCUT2D eigenvalue weighted by atomic mass is 9.79. The lowest BCUT2D eigenvalue weighted by molar-refractivity contribution is 0.0216. The zero-order chi connectivity index (χ0) is 17.0. The predicted octanol–water partition coefficient (Wildman–Crippen LogP) is 2.33. The number of nitrogens with one attached hydrogen (secondary N) is 2. The average Bonchev–Trinajstić information content (AvgIpc) is 3.37. The molecule has 1 aromatic carbocycles. The molecule has 0 bridgehead atoms. The summed E-state index contributed by atoms with van der Waals surface area (Å²) in [5, 5.41) is 16.8. The first-order valence-electron chi connectivity index (χ1n) is 8.88. The van der Waals surface area contributed by atoms with Gasteiger partial charge in [0.05, 0.1) is 6.54 Å². The van der Waals surface area contributed by atoms with Crippen molar-refractivity contribution in [2.24, 2.45) is 5.41 Å². The molecule has 5 nitrogen and oxygen atoms in total. The van der Waals surface area contributed by atoms with Gasteiger partial charge in [0.1, 0.15) is 5.60 Å². The van der Waals surface area contributed by atoms with Gasteiger partial charge in [-0.3, -0.25) is 0 Å². The van der Waals surface area contributed by atoms with E-state index in [1.54, 1.807) is 7.11 Å². The molecular weight excluding hydrogens is 304 g/mol. The number of aryl methyl sites for hydroxylation is 1. The molecule has 0 radical (unpaired) electrons. The number of ether oxygens (including phenoxy) is 1. The molecule has 0 aromatic heterocycles. The Labute approximate surface area is 143 Å². The van der Waals surface area contributed by atoms with Gasteiger partial charge in [0.15, 0.2) is 0 Å². The number of carbonyl (C=O) groups excluding carboxylic acids is 1. The van der Waals surface area contributed by atoms with Crippen LogP contribution in [0.5, 0.6) is 0 Å². The molecule has 2 amide bonds. The van der Waals surface area contributed by atoms with Crippen molar-refractivity contribution in [2.75, 3.05) is 26.8 Å². The van der Waals surface area contributed by atoms with Crippen molar-refractivity contribution in [1.29, 1.82) is 0 Å². The normalized spacial score (nSPS) is 24.1. The Balaban J connectivity index is 1.50. The van der Waals surface area contributed by atoms with Gasteiger partial charge in [0.2, 0.25) is 0 Å². The van der Waals surface area contributed by atoms with Gasteiger partial charge in [0.25, 0.3) is 0 Å². The summed E-state index contributed by atoms with van der Waals surface area (Å²) >= 11 is 0. The number of benzene rings is 1. The van der Waals surface area contributed by atoms with Crippen molar-refractivity contribution < 1.29 is 14.6 Å². The van der Waals surface area contributed by atoms with E-state index in [4.69, 9.17) is 4.74 Å². The average molecular weight is 332 g/mol. The third-order valence-corrected chi connectivity index (χ3v) is 5.51. The summed E-state index contributed by atoms with van der Waals surface area (Å²) < 4.78 is 5.14. The summed E-state index contributed by atoms with van der Waals surface area (Å²) in [5.41, 5.74) is 1.40. The summed E-state index contributed by atoms with van der Waals surface area (Å²) in [6.45, 7) is 1.66. The lowest BCUT2D eigenvalue weighted by Gasteiger charge is -2.34. The minimum absolute atomic E-state index is 0.199. The fourth-order valence-electron chi connectivity index (χ4n) is 3.65. The van der Waals surface area contributed by atoms with Gasteiger partial charge in [0, 0.05) is 20.3 Å². The van der Waals surface area contributed by atoms with Gasteiger partial charge in [-0.15, -0.1) is 0 Å². The first-order chi connectivity index (χ1) is 11.6. The molecule has 0 heterocycles. The number of amides is 2. The SMILES string of the molecule is COCCC1(CNC(=O)NCC2(O)CCCc3ccccc32)CC1. The molecule has 1 unspecified atom stereocenters. The third kappa shape index (κ3) is 3.90. The number of urea groups is 1. The van der Waals surface area contributed by atoms with Crippen LogP contribution >= 0.6 is 0 Å². The third-order valence-electron chi connectivity index (χ3n) is 5.51. The van der Waals surface area contributed by atoms with E-state index in [1.807, 2.05) is 18.2 Å². The summed E-state index contributed by atoms with van der Waals surface area (Å²) in [6, 6.07) is 7.78. The molecule has 1 aromatic rings. The highest BCUT2D eigenvalue weighted by Gasteiger charge is 2.42. The van der Waals surface area contributed by atoms with Crippen molar-refractivity contribution in [1.82, 2.24) is 10.6 Å². The zero-order valence-electron chi connectivity index (χ0n) is 14.4. The molecule has 0 saturated heterocycles. The monoisotopic (exact) mass is 332 g/mol. The number of hydrogen-bond donors (Lipinski definition) is 3. The number of methoxy groups -OCH3 is 1. The Bertz CT molecular complexity index is 586. The maximum Gasteiger partial charge on any atom is 0.314 e. The largest absolute Gasteiger partial charge is 0.385 e. The quantitative estimate of drug-likeness (QED) is 0.718. The minimum atomic E-state index is -0.959. The highest BCUT2D eigenvalue weighted by Crippen LogP contribution is 2.48.